The fourth-order valence-electron chi connectivity index (χ4n) is 4.88. The fourth-order valence-corrected chi connectivity index (χ4v) is 4.88. The molecule has 1 atom stereocenters. The lowest BCUT2D eigenvalue weighted by molar-refractivity contribution is -0.116. The molecule has 4 rings (SSSR count). The summed E-state index contributed by atoms with van der Waals surface area (Å²) in [4.78, 5) is 22.9. The number of hydrogen-bond donors (Lipinski definition) is 2. The zero-order chi connectivity index (χ0) is 24.5. The minimum Gasteiger partial charge on any atom is -0.369 e. The van der Waals surface area contributed by atoms with Crippen molar-refractivity contribution in [3.05, 3.63) is 61.1 Å². The van der Waals surface area contributed by atoms with Crippen molar-refractivity contribution in [2.45, 2.75) is 31.7 Å². The molecule has 0 aliphatic carbocycles. The second-order valence-corrected chi connectivity index (χ2v) is 9.34. The molecule has 0 bridgehead atoms. The Labute approximate surface area is 208 Å². The van der Waals surface area contributed by atoms with Crippen LogP contribution in [0, 0.1) is 5.82 Å². The van der Waals surface area contributed by atoms with E-state index in [1.54, 1.807) is 12.1 Å². The number of nitrogens with zero attached hydrogens (tertiary/aromatic N) is 4. The van der Waals surface area contributed by atoms with Gasteiger partial charge in [0.05, 0.1) is 0 Å². The molecule has 1 aromatic carbocycles. The number of benzene rings is 1. The number of amides is 1. The zero-order valence-corrected chi connectivity index (χ0v) is 20.5. The minimum atomic E-state index is -0.191. The van der Waals surface area contributed by atoms with E-state index in [4.69, 9.17) is 0 Å². The van der Waals surface area contributed by atoms with E-state index < -0.39 is 0 Å². The number of halogens is 1. The summed E-state index contributed by atoms with van der Waals surface area (Å²) in [6.45, 7) is 11.1. The standard InChI is InChI=1S/C27H37FN6O/c1-2-27(35)30-11-3-4-13-32-15-17-33(18-16-32)25-10-12-29-26(20-25)31-23-8-6-14-34(21-23)24-9-5-7-22(28)19-24/h2,5,7,9-10,12,19-20,23H,1,3-4,6,8,11,13-18,21H2,(H,29,31)(H,30,35)/t23-/m1/s1. The van der Waals surface area contributed by atoms with Crippen LogP contribution in [0.5, 0.6) is 0 Å². The highest BCUT2D eigenvalue weighted by Crippen LogP contribution is 2.24. The monoisotopic (exact) mass is 480 g/mol. The topological polar surface area (TPSA) is 63.7 Å². The van der Waals surface area contributed by atoms with Crippen LogP contribution < -0.4 is 20.4 Å². The smallest absolute Gasteiger partial charge is 0.243 e. The molecular formula is C27H37FN6O. The van der Waals surface area contributed by atoms with E-state index >= 15 is 0 Å². The summed E-state index contributed by atoms with van der Waals surface area (Å²) in [7, 11) is 0. The lowest BCUT2D eigenvalue weighted by Crippen LogP contribution is -2.46. The third kappa shape index (κ3) is 7.42. The van der Waals surface area contributed by atoms with Crippen molar-refractivity contribution in [3.63, 3.8) is 0 Å². The number of nitrogens with one attached hydrogen (secondary N) is 2. The van der Waals surface area contributed by atoms with Gasteiger partial charge in [-0.1, -0.05) is 12.6 Å². The normalized spacial score (nSPS) is 18.8. The number of anilines is 3. The van der Waals surface area contributed by atoms with Crippen molar-refractivity contribution in [2.75, 3.05) is 67.5 Å². The average Bonchev–Trinajstić information content (AvgIpc) is 2.89. The van der Waals surface area contributed by atoms with E-state index in [0.717, 1.165) is 83.0 Å². The molecule has 2 aliphatic heterocycles. The quantitative estimate of drug-likeness (QED) is 0.401. The van der Waals surface area contributed by atoms with Crippen LogP contribution in [0.1, 0.15) is 25.7 Å². The SMILES string of the molecule is C=CC(=O)NCCCCN1CCN(c2ccnc(N[C@@H]3CCCN(c4cccc(F)c4)C3)c2)CC1. The first kappa shape index (κ1) is 25.0. The molecule has 1 aromatic heterocycles. The van der Waals surface area contributed by atoms with Gasteiger partial charge in [-0.05, 0) is 62.6 Å². The number of piperidine rings is 1. The van der Waals surface area contributed by atoms with Crippen LogP contribution in [0.2, 0.25) is 0 Å². The molecule has 0 spiro atoms. The Kier molecular flexibility index (Phi) is 8.95. The Balaban J connectivity index is 1.23. The molecule has 7 nitrogen and oxygen atoms in total. The van der Waals surface area contributed by atoms with Gasteiger partial charge in [0, 0.05) is 75.5 Å². The van der Waals surface area contributed by atoms with Gasteiger partial charge in [0.15, 0.2) is 0 Å². The maximum atomic E-state index is 13.7. The first-order valence-corrected chi connectivity index (χ1v) is 12.7. The Morgan fingerprint density at radius 2 is 1.91 bits per heavy atom. The number of piperazine rings is 1. The second kappa shape index (κ2) is 12.5. The molecule has 3 heterocycles. The molecule has 0 unspecified atom stereocenters. The van der Waals surface area contributed by atoms with Crippen molar-refractivity contribution in [3.8, 4) is 0 Å². The molecule has 2 fully saturated rings. The average molecular weight is 481 g/mol. The van der Waals surface area contributed by atoms with Gasteiger partial charge < -0.3 is 20.4 Å². The summed E-state index contributed by atoms with van der Waals surface area (Å²) in [5.74, 6) is 0.610. The molecule has 0 saturated carbocycles. The molecular weight excluding hydrogens is 443 g/mol. The van der Waals surface area contributed by atoms with Crippen LogP contribution >= 0.6 is 0 Å². The Morgan fingerprint density at radius 1 is 1.09 bits per heavy atom. The summed E-state index contributed by atoms with van der Waals surface area (Å²) in [6, 6.07) is 11.4. The Hall–Kier alpha value is -3.13. The number of pyridine rings is 1. The summed E-state index contributed by atoms with van der Waals surface area (Å²) in [5, 5.41) is 6.45. The Morgan fingerprint density at radius 3 is 2.71 bits per heavy atom. The van der Waals surface area contributed by atoms with Gasteiger partial charge in [-0.3, -0.25) is 9.69 Å². The number of rotatable bonds is 10. The third-order valence-electron chi connectivity index (χ3n) is 6.81. The van der Waals surface area contributed by atoms with Gasteiger partial charge >= 0.3 is 0 Å². The van der Waals surface area contributed by atoms with Crippen LogP contribution in [-0.2, 0) is 4.79 Å². The highest BCUT2D eigenvalue weighted by Gasteiger charge is 2.22. The van der Waals surface area contributed by atoms with Crippen molar-refractivity contribution in [2.24, 2.45) is 0 Å². The predicted octanol–water partition coefficient (Wildman–Crippen LogP) is 3.51. The van der Waals surface area contributed by atoms with Crippen LogP contribution in [0.4, 0.5) is 21.6 Å². The highest BCUT2D eigenvalue weighted by atomic mass is 19.1. The Bertz CT molecular complexity index is 978. The number of unbranched alkanes of at least 4 members (excludes halogenated alkanes) is 1. The first-order valence-electron chi connectivity index (χ1n) is 12.7. The number of carbonyl (C=O) groups is 1. The molecule has 8 heteroatoms. The van der Waals surface area contributed by atoms with Gasteiger partial charge in [-0.2, -0.15) is 0 Å². The van der Waals surface area contributed by atoms with Crippen LogP contribution in [0.3, 0.4) is 0 Å². The lowest BCUT2D eigenvalue weighted by Gasteiger charge is -2.37. The molecule has 2 aliphatic rings. The van der Waals surface area contributed by atoms with Crippen molar-refractivity contribution in [1.29, 1.82) is 0 Å². The van der Waals surface area contributed by atoms with E-state index in [2.05, 4.69) is 49.0 Å². The molecule has 2 N–H and O–H groups in total. The molecule has 2 saturated heterocycles. The van der Waals surface area contributed by atoms with Gasteiger partial charge in [0.2, 0.25) is 5.91 Å². The van der Waals surface area contributed by atoms with Crippen molar-refractivity contribution in [1.82, 2.24) is 15.2 Å². The largest absolute Gasteiger partial charge is 0.369 e. The van der Waals surface area contributed by atoms with E-state index in [1.807, 2.05) is 12.3 Å². The molecule has 1 amide bonds. The fraction of sp³-hybridized carbons (Fsp3) is 0.481. The number of aromatic nitrogens is 1. The lowest BCUT2D eigenvalue weighted by atomic mass is 10.0. The first-order chi connectivity index (χ1) is 17.1. The molecule has 35 heavy (non-hydrogen) atoms. The van der Waals surface area contributed by atoms with E-state index in [9.17, 15) is 9.18 Å². The van der Waals surface area contributed by atoms with Gasteiger partial charge in [0.1, 0.15) is 11.6 Å². The van der Waals surface area contributed by atoms with Crippen molar-refractivity contribution < 1.29 is 9.18 Å². The van der Waals surface area contributed by atoms with Crippen LogP contribution in [-0.4, -0.2) is 74.2 Å². The maximum Gasteiger partial charge on any atom is 0.243 e. The zero-order valence-electron chi connectivity index (χ0n) is 20.5. The molecule has 188 valence electrons. The molecule has 0 radical (unpaired) electrons. The summed E-state index contributed by atoms with van der Waals surface area (Å²) in [6.07, 6.45) is 7.40. The molecule has 2 aromatic rings. The predicted molar refractivity (Wildman–Crippen MR) is 141 cm³/mol. The van der Waals surface area contributed by atoms with Crippen molar-refractivity contribution >= 4 is 23.1 Å². The van der Waals surface area contributed by atoms with Crippen LogP contribution in [0.15, 0.2) is 55.3 Å². The van der Waals surface area contributed by atoms with E-state index in [-0.39, 0.29) is 17.8 Å². The minimum absolute atomic E-state index is 0.0998. The third-order valence-corrected chi connectivity index (χ3v) is 6.81. The summed E-state index contributed by atoms with van der Waals surface area (Å²) >= 11 is 0. The van der Waals surface area contributed by atoms with Gasteiger partial charge in [0.25, 0.3) is 0 Å². The van der Waals surface area contributed by atoms with E-state index in [1.165, 1.54) is 17.8 Å². The van der Waals surface area contributed by atoms with Crippen LogP contribution in [0.25, 0.3) is 0 Å². The summed E-state index contributed by atoms with van der Waals surface area (Å²) in [5.41, 5.74) is 2.14. The number of hydrogen-bond acceptors (Lipinski definition) is 6. The summed E-state index contributed by atoms with van der Waals surface area (Å²) < 4.78 is 13.7. The maximum absolute atomic E-state index is 13.7. The van der Waals surface area contributed by atoms with Gasteiger partial charge in [-0.25, -0.2) is 9.37 Å². The van der Waals surface area contributed by atoms with Gasteiger partial charge in [-0.15, -0.1) is 0 Å². The number of carbonyl (C=O) groups excluding carboxylic acids is 1. The van der Waals surface area contributed by atoms with E-state index in [0.29, 0.717) is 6.54 Å². The second-order valence-electron chi connectivity index (χ2n) is 9.34. The highest BCUT2D eigenvalue weighted by molar-refractivity contribution is 5.86.